The van der Waals surface area contributed by atoms with Gasteiger partial charge in [0.05, 0.1) is 12.0 Å². The summed E-state index contributed by atoms with van der Waals surface area (Å²) in [6, 6.07) is 4.51. The number of hydrogen-bond donors (Lipinski definition) is 1. The zero-order valence-electron chi connectivity index (χ0n) is 7.58. The molecule has 0 spiro atoms. The van der Waals surface area contributed by atoms with Crippen LogP contribution in [0.4, 0.5) is 0 Å². The molecule has 68 valence electrons. The van der Waals surface area contributed by atoms with Crippen LogP contribution in [0, 0.1) is 24.2 Å². The average Bonchev–Trinajstić information content (AvgIpc) is 2.71. The van der Waals surface area contributed by atoms with E-state index in [-0.39, 0.29) is 5.92 Å². The Labute approximate surface area is 82.2 Å². The van der Waals surface area contributed by atoms with E-state index in [1.807, 2.05) is 0 Å². The molecule has 1 aromatic rings. The van der Waals surface area contributed by atoms with Gasteiger partial charge in [0.1, 0.15) is 0 Å². The number of nitrogens with one attached hydrogen (secondary N) is 1. The molecule has 1 aliphatic heterocycles. The fourth-order valence-corrected chi connectivity index (χ4v) is 2.95. The van der Waals surface area contributed by atoms with Gasteiger partial charge < -0.3 is 5.32 Å². The van der Waals surface area contributed by atoms with Gasteiger partial charge >= 0.3 is 0 Å². The van der Waals surface area contributed by atoms with Gasteiger partial charge in [-0.25, -0.2) is 0 Å². The normalized spacial score (nSPS) is 27.4. The quantitative estimate of drug-likeness (QED) is 0.737. The summed E-state index contributed by atoms with van der Waals surface area (Å²) in [4.78, 5) is 1.39. The van der Waals surface area contributed by atoms with Crippen molar-refractivity contribution in [3.8, 4) is 6.07 Å². The first kappa shape index (κ1) is 8.74. The lowest BCUT2D eigenvalue weighted by Crippen LogP contribution is -2.07. The molecule has 13 heavy (non-hydrogen) atoms. The largest absolute Gasteiger partial charge is 0.315 e. The van der Waals surface area contributed by atoms with Crippen molar-refractivity contribution in [2.75, 3.05) is 13.1 Å². The van der Waals surface area contributed by atoms with Crippen LogP contribution in [0.2, 0.25) is 0 Å². The van der Waals surface area contributed by atoms with Gasteiger partial charge in [-0.05, 0) is 23.9 Å². The summed E-state index contributed by atoms with van der Waals surface area (Å²) < 4.78 is 0. The summed E-state index contributed by atoms with van der Waals surface area (Å²) in [7, 11) is 0. The third-order valence-electron chi connectivity index (χ3n) is 2.62. The first-order chi connectivity index (χ1) is 6.33. The Morgan fingerprint density at radius 2 is 2.46 bits per heavy atom. The standard InChI is InChI=1S/C10H12N2S/c1-7-2-3-13-10(7)9-6-12-5-8(9)4-11/h2-3,8-9,12H,5-6H2,1H3/t8-,9-/m0/s1. The predicted octanol–water partition coefficient (Wildman–Crippen LogP) is 1.88. The van der Waals surface area contributed by atoms with Crippen LogP contribution in [0.15, 0.2) is 11.4 Å². The number of nitrogens with zero attached hydrogens (tertiary/aromatic N) is 1. The summed E-state index contributed by atoms with van der Waals surface area (Å²) in [5.41, 5.74) is 1.33. The molecule has 0 bridgehead atoms. The Balaban J connectivity index is 2.27. The highest BCUT2D eigenvalue weighted by molar-refractivity contribution is 7.10. The molecule has 3 heteroatoms. The third-order valence-corrected chi connectivity index (χ3v) is 3.77. The van der Waals surface area contributed by atoms with Crippen molar-refractivity contribution in [3.63, 3.8) is 0 Å². The Morgan fingerprint density at radius 1 is 1.62 bits per heavy atom. The van der Waals surface area contributed by atoms with E-state index in [9.17, 15) is 0 Å². The summed E-state index contributed by atoms with van der Waals surface area (Å²) in [5.74, 6) is 0.586. The van der Waals surface area contributed by atoms with Crippen molar-refractivity contribution in [1.82, 2.24) is 5.32 Å². The molecule has 0 saturated carbocycles. The van der Waals surface area contributed by atoms with Crippen molar-refractivity contribution in [2.24, 2.45) is 5.92 Å². The summed E-state index contributed by atoms with van der Waals surface area (Å²) in [6.07, 6.45) is 0. The smallest absolute Gasteiger partial charge is 0.0676 e. The molecular weight excluding hydrogens is 180 g/mol. The Morgan fingerprint density at radius 3 is 3.08 bits per heavy atom. The minimum absolute atomic E-state index is 0.164. The lowest BCUT2D eigenvalue weighted by molar-refractivity contribution is 0.654. The fraction of sp³-hybridized carbons (Fsp3) is 0.500. The van der Waals surface area contributed by atoms with Crippen LogP contribution in [0.3, 0.4) is 0 Å². The zero-order chi connectivity index (χ0) is 9.26. The van der Waals surface area contributed by atoms with E-state index >= 15 is 0 Å². The second-order valence-electron chi connectivity index (χ2n) is 3.47. The highest BCUT2D eigenvalue weighted by Crippen LogP contribution is 2.33. The van der Waals surface area contributed by atoms with Crippen LogP contribution in [-0.4, -0.2) is 13.1 Å². The SMILES string of the molecule is Cc1ccsc1[C@H]1CNC[C@@H]1C#N. The number of aryl methyl sites for hydroxylation is 1. The molecule has 0 unspecified atom stereocenters. The zero-order valence-corrected chi connectivity index (χ0v) is 8.40. The number of thiophene rings is 1. The van der Waals surface area contributed by atoms with Crippen molar-refractivity contribution in [3.05, 3.63) is 21.9 Å². The van der Waals surface area contributed by atoms with E-state index in [0.29, 0.717) is 5.92 Å². The van der Waals surface area contributed by atoms with Crippen LogP contribution in [0.5, 0.6) is 0 Å². The highest BCUT2D eigenvalue weighted by Gasteiger charge is 2.29. The van der Waals surface area contributed by atoms with E-state index < -0.39 is 0 Å². The number of hydrogen-bond acceptors (Lipinski definition) is 3. The Bertz CT molecular complexity index is 337. The summed E-state index contributed by atoms with van der Waals surface area (Å²) in [5, 5.41) is 14.3. The number of rotatable bonds is 1. The van der Waals surface area contributed by atoms with Gasteiger partial charge in [0.2, 0.25) is 0 Å². The van der Waals surface area contributed by atoms with Crippen LogP contribution >= 0.6 is 11.3 Å². The van der Waals surface area contributed by atoms with Crippen molar-refractivity contribution >= 4 is 11.3 Å². The van der Waals surface area contributed by atoms with Crippen LogP contribution in [-0.2, 0) is 0 Å². The Hall–Kier alpha value is -0.850. The second-order valence-corrected chi connectivity index (χ2v) is 4.42. The van der Waals surface area contributed by atoms with Crippen LogP contribution in [0.1, 0.15) is 16.4 Å². The molecule has 0 amide bonds. The van der Waals surface area contributed by atoms with E-state index in [4.69, 9.17) is 5.26 Å². The van der Waals surface area contributed by atoms with Gasteiger partial charge in [-0.1, -0.05) is 0 Å². The minimum atomic E-state index is 0.164. The maximum absolute atomic E-state index is 8.94. The van der Waals surface area contributed by atoms with E-state index in [2.05, 4.69) is 29.8 Å². The lowest BCUT2D eigenvalue weighted by atomic mass is 9.94. The summed E-state index contributed by atoms with van der Waals surface area (Å²) >= 11 is 1.77. The van der Waals surface area contributed by atoms with Gasteiger partial charge in [-0.15, -0.1) is 11.3 Å². The molecule has 1 saturated heterocycles. The van der Waals surface area contributed by atoms with Crippen LogP contribution in [0.25, 0.3) is 0 Å². The first-order valence-corrected chi connectivity index (χ1v) is 5.35. The maximum atomic E-state index is 8.94. The summed E-state index contributed by atoms with van der Waals surface area (Å²) in [6.45, 7) is 3.93. The first-order valence-electron chi connectivity index (χ1n) is 4.47. The van der Waals surface area contributed by atoms with Crippen molar-refractivity contribution < 1.29 is 0 Å². The van der Waals surface area contributed by atoms with Crippen molar-refractivity contribution in [1.29, 1.82) is 5.26 Å². The molecule has 1 N–H and O–H groups in total. The fourth-order valence-electron chi connectivity index (χ4n) is 1.85. The number of nitriles is 1. The third kappa shape index (κ3) is 1.48. The molecule has 0 aliphatic carbocycles. The molecule has 1 fully saturated rings. The molecule has 2 rings (SSSR count). The van der Waals surface area contributed by atoms with E-state index in [1.54, 1.807) is 11.3 Å². The molecule has 0 radical (unpaired) electrons. The lowest BCUT2D eigenvalue weighted by Gasteiger charge is -2.10. The molecule has 0 aromatic carbocycles. The monoisotopic (exact) mass is 192 g/mol. The van der Waals surface area contributed by atoms with Gasteiger partial charge in [0.15, 0.2) is 0 Å². The Kier molecular flexibility index (Phi) is 2.34. The molecule has 2 atom stereocenters. The average molecular weight is 192 g/mol. The molecule has 2 heterocycles. The second kappa shape index (κ2) is 3.49. The predicted molar refractivity (Wildman–Crippen MR) is 53.8 cm³/mol. The maximum Gasteiger partial charge on any atom is 0.0676 e. The minimum Gasteiger partial charge on any atom is -0.315 e. The molecule has 1 aliphatic rings. The van der Waals surface area contributed by atoms with E-state index in [1.165, 1.54) is 10.4 Å². The topological polar surface area (TPSA) is 35.8 Å². The highest BCUT2D eigenvalue weighted by atomic mass is 32.1. The van der Waals surface area contributed by atoms with Gasteiger partial charge in [0.25, 0.3) is 0 Å². The van der Waals surface area contributed by atoms with E-state index in [0.717, 1.165) is 13.1 Å². The van der Waals surface area contributed by atoms with Gasteiger partial charge in [-0.3, -0.25) is 0 Å². The van der Waals surface area contributed by atoms with Gasteiger partial charge in [-0.2, -0.15) is 5.26 Å². The van der Waals surface area contributed by atoms with Crippen LogP contribution < -0.4 is 5.32 Å². The molecule has 1 aromatic heterocycles. The van der Waals surface area contributed by atoms with Crippen molar-refractivity contribution in [2.45, 2.75) is 12.8 Å². The molecule has 2 nitrogen and oxygen atoms in total. The van der Waals surface area contributed by atoms with Gasteiger partial charge in [0, 0.05) is 23.9 Å². The molecular formula is C10H12N2S.